The fourth-order valence-electron chi connectivity index (χ4n) is 1.72. The number of hydrogen-bond donors (Lipinski definition) is 2. The molecule has 0 spiro atoms. The Morgan fingerprint density at radius 2 is 2.28 bits per heavy atom. The quantitative estimate of drug-likeness (QED) is 0.877. The van der Waals surface area contributed by atoms with Gasteiger partial charge in [0.2, 0.25) is 5.91 Å². The normalized spacial score (nSPS) is 19.6. The third kappa shape index (κ3) is 2.95. The second kappa shape index (κ2) is 5.89. The van der Waals surface area contributed by atoms with Crippen LogP contribution in [0.2, 0.25) is 10.0 Å². The molecule has 0 saturated carbocycles. The molecule has 4 nitrogen and oxygen atoms in total. The van der Waals surface area contributed by atoms with Crippen LogP contribution in [0.1, 0.15) is 5.56 Å². The minimum Gasteiger partial charge on any atom is -0.378 e. The summed E-state index contributed by atoms with van der Waals surface area (Å²) >= 11 is 12.2. The number of anilines is 1. The molecular formula is C12H14Cl2N2O2. The van der Waals surface area contributed by atoms with E-state index in [2.05, 4.69) is 10.6 Å². The lowest BCUT2D eigenvalue weighted by molar-refractivity contribution is -0.120. The zero-order valence-electron chi connectivity index (χ0n) is 9.93. The topological polar surface area (TPSA) is 50.4 Å². The number of halogens is 2. The molecular weight excluding hydrogens is 275 g/mol. The molecule has 0 bridgehead atoms. The molecule has 0 aliphatic carbocycles. The zero-order valence-corrected chi connectivity index (χ0v) is 11.4. The Morgan fingerprint density at radius 3 is 2.94 bits per heavy atom. The molecule has 1 aliphatic rings. The predicted molar refractivity (Wildman–Crippen MR) is 72.4 cm³/mol. The average molecular weight is 289 g/mol. The second-order valence-electron chi connectivity index (χ2n) is 4.12. The maximum absolute atomic E-state index is 12.0. The minimum atomic E-state index is -0.369. The van der Waals surface area contributed by atoms with E-state index in [1.165, 1.54) is 0 Å². The summed E-state index contributed by atoms with van der Waals surface area (Å²) in [5.74, 6) is -0.191. The molecule has 1 aliphatic heterocycles. The second-order valence-corrected chi connectivity index (χ2v) is 4.91. The maximum Gasteiger partial charge on any atom is 0.243 e. The number of carbonyl (C=O) groups excluding carboxylic acids is 1. The third-order valence-electron chi connectivity index (χ3n) is 2.77. The molecule has 1 heterocycles. The summed E-state index contributed by atoms with van der Waals surface area (Å²) < 4.78 is 5.24. The molecule has 2 rings (SSSR count). The fourth-order valence-corrected chi connectivity index (χ4v) is 2.18. The van der Waals surface area contributed by atoms with Gasteiger partial charge in [-0.3, -0.25) is 4.79 Å². The van der Waals surface area contributed by atoms with Gasteiger partial charge in [-0.05, 0) is 18.6 Å². The van der Waals surface area contributed by atoms with Crippen LogP contribution in [0, 0.1) is 6.92 Å². The summed E-state index contributed by atoms with van der Waals surface area (Å²) in [5, 5.41) is 6.71. The lowest BCUT2D eigenvalue weighted by atomic mass is 10.2. The van der Waals surface area contributed by atoms with E-state index >= 15 is 0 Å². The van der Waals surface area contributed by atoms with Crippen molar-refractivity contribution in [1.29, 1.82) is 0 Å². The zero-order chi connectivity index (χ0) is 13.1. The highest BCUT2D eigenvalue weighted by Crippen LogP contribution is 2.32. The molecule has 2 N–H and O–H groups in total. The van der Waals surface area contributed by atoms with Gasteiger partial charge >= 0.3 is 0 Å². The molecule has 1 amide bonds. The molecule has 1 saturated heterocycles. The molecule has 0 radical (unpaired) electrons. The molecule has 18 heavy (non-hydrogen) atoms. The first kappa shape index (κ1) is 13.6. The molecule has 1 unspecified atom stereocenters. The first-order valence-electron chi connectivity index (χ1n) is 5.66. The van der Waals surface area contributed by atoms with Crippen molar-refractivity contribution in [3.05, 3.63) is 27.7 Å². The number of hydrogen-bond acceptors (Lipinski definition) is 3. The molecule has 6 heteroatoms. The van der Waals surface area contributed by atoms with Crippen LogP contribution in [0.3, 0.4) is 0 Å². The number of aryl methyl sites for hydroxylation is 1. The fraction of sp³-hybridized carbons (Fsp3) is 0.417. The molecule has 0 aromatic heterocycles. The van der Waals surface area contributed by atoms with Crippen molar-refractivity contribution in [2.45, 2.75) is 13.0 Å². The maximum atomic E-state index is 12.0. The Morgan fingerprint density at radius 1 is 1.50 bits per heavy atom. The van der Waals surface area contributed by atoms with E-state index in [0.29, 0.717) is 35.5 Å². The van der Waals surface area contributed by atoms with E-state index in [4.69, 9.17) is 27.9 Å². The first-order chi connectivity index (χ1) is 8.59. The SMILES string of the molecule is Cc1ccc(Cl)c(NC(=O)C2COCCN2)c1Cl. The third-order valence-corrected chi connectivity index (χ3v) is 3.57. The summed E-state index contributed by atoms with van der Waals surface area (Å²) in [4.78, 5) is 12.0. The Balaban J connectivity index is 2.13. The van der Waals surface area contributed by atoms with Crippen LogP contribution < -0.4 is 10.6 Å². The largest absolute Gasteiger partial charge is 0.378 e. The highest BCUT2D eigenvalue weighted by molar-refractivity contribution is 6.40. The van der Waals surface area contributed by atoms with Gasteiger partial charge in [-0.2, -0.15) is 0 Å². The molecule has 98 valence electrons. The van der Waals surface area contributed by atoms with Gasteiger partial charge in [0.05, 0.1) is 28.9 Å². The standard InChI is InChI=1S/C12H14Cl2N2O2/c1-7-2-3-8(13)11(10(7)14)16-12(17)9-6-18-5-4-15-9/h2-3,9,15H,4-6H2,1H3,(H,16,17). The van der Waals surface area contributed by atoms with Crippen molar-refractivity contribution in [3.8, 4) is 0 Å². The Labute approximate surface area is 116 Å². The van der Waals surface area contributed by atoms with Crippen LogP contribution in [-0.4, -0.2) is 31.7 Å². The van der Waals surface area contributed by atoms with E-state index in [1.807, 2.05) is 13.0 Å². The monoisotopic (exact) mass is 288 g/mol. The lowest BCUT2D eigenvalue weighted by Crippen LogP contribution is -2.48. The van der Waals surface area contributed by atoms with E-state index < -0.39 is 0 Å². The van der Waals surface area contributed by atoms with Gasteiger partial charge in [0.25, 0.3) is 0 Å². The van der Waals surface area contributed by atoms with Crippen molar-refractivity contribution < 1.29 is 9.53 Å². The summed E-state index contributed by atoms with van der Waals surface area (Å²) in [5.41, 5.74) is 1.32. The Kier molecular flexibility index (Phi) is 4.45. The molecule has 1 fully saturated rings. The van der Waals surface area contributed by atoms with Gasteiger partial charge in [-0.1, -0.05) is 29.3 Å². The van der Waals surface area contributed by atoms with E-state index in [9.17, 15) is 4.79 Å². The van der Waals surface area contributed by atoms with Crippen molar-refractivity contribution >= 4 is 34.8 Å². The lowest BCUT2D eigenvalue weighted by Gasteiger charge is -2.23. The molecule has 1 aromatic carbocycles. The van der Waals surface area contributed by atoms with Gasteiger partial charge in [0.15, 0.2) is 0 Å². The number of morpholine rings is 1. The van der Waals surface area contributed by atoms with Crippen LogP contribution in [0.4, 0.5) is 5.69 Å². The number of nitrogens with one attached hydrogen (secondary N) is 2. The van der Waals surface area contributed by atoms with Gasteiger partial charge in [-0.15, -0.1) is 0 Å². The Hall–Kier alpha value is -0.810. The van der Waals surface area contributed by atoms with Crippen molar-refractivity contribution in [2.24, 2.45) is 0 Å². The number of rotatable bonds is 2. The van der Waals surface area contributed by atoms with Crippen LogP contribution in [-0.2, 0) is 9.53 Å². The number of carbonyl (C=O) groups is 1. The van der Waals surface area contributed by atoms with Crippen LogP contribution in [0.5, 0.6) is 0 Å². The highest BCUT2D eigenvalue weighted by Gasteiger charge is 2.22. The predicted octanol–water partition coefficient (Wildman–Crippen LogP) is 2.23. The van der Waals surface area contributed by atoms with Crippen molar-refractivity contribution in [3.63, 3.8) is 0 Å². The summed E-state index contributed by atoms with van der Waals surface area (Å²) in [6.07, 6.45) is 0. The van der Waals surface area contributed by atoms with Crippen LogP contribution >= 0.6 is 23.2 Å². The smallest absolute Gasteiger partial charge is 0.243 e. The summed E-state index contributed by atoms with van der Waals surface area (Å²) in [6.45, 7) is 3.49. The number of ether oxygens (including phenoxy) is 1. The summed E-state index contributed by atoms with van der Waals surface area (Å²) in [7, 11) is 0. The van der Waals surface area contributed by atoms with Crippen LogP contribution in [0.15, 0.2) is 12.1 Å². The van der Waals surface area contributed by atoms with Gasteiger partial charge in [0, 0.05) is 6.54 Å². The highest BCUT2D eigenvalue weighted by atomic mass is 35.5. The van der Waals surface area contributed by atoms with Crippen LogP contribution in [0.25, 0.3) is 0 Å². The summed E-state index contributed by atoms with van der Waals surface area (Å²) in [6, 6.07) is 3.15. The first-order valence-corrected chi connectivity index (χ1v) is 6.42. The van der Waals surface area contributed by atoms with Gasteiger partial charge in [-0.25, -0.2) is 0 Å². The van der Waals surface area contributed by atoms with E-state index in [-0.39, 0.29) is 11.9 Å². The van der Waals surface area contributed by atoms with Gasteiger partial charge < -0.3 is 15.4 Å². The van der Waals surface area contributed by atoms with Crippen molar-refractivity contribution in [2.75, 3.05) is 25.1 Å². The van der Waals surface area contributed by atoms with E-state index in [1.54, 1.807) is 6.07 Å². The number of benzene rings is 1. The molecule has 1 atom stereocenters. The Bertz CT molecular complexity index is 460. The minimum absolute atomic E-state index is 0.191. The van der Waals surface area contributed by atoms with E-state index in [0.717, 1.165) is 5.56 Å². The average Bonchev–Trinajstić information content (AvgIpc) is 2.40. The van der Waals surface area contributed by atoms with Crippen molar-refractivity contribution in [1.82, 2.24) is 5.32 Å². The molecule has 1 aromatic rings. The number of amides is 1. The van der Waals surface area contributed by atoms with Gasteiger partial charge in [0.1, 0.15) is 6.04 Å².